The Hall–Kier alpha value is -2.36. The Morgan fingerprint density at radius 2 is 1.91 bits per heavy atom. The number of aromatic amines is 1. The summed E-state index contributed by atoms with van der Waals surface area (Å²) in [6.45, 7) is 0.489. The van der Waals surface area contributed by atoms with E-state index in [0.29, 0.717) is 12.1 Å². The van der Waals surface area contributed by atoms with Crippen molar-refractivity contribution in [3.63, 3.8) is 0 Å². The van der Waals surface area contributed by atoms with E-state index in [9.17, 15) is 9.59 Å². The molecule has 0 atom stereocenters. The molecule has 0 radical (unpaired) electrons. The summed E-state index contributed by atoms with van der Waals surface area (Å²) >= 11 is 0. The monoisotopic (exact) mass is 296 g/mol. The van der Waals surface area contributed by atoms with Crippen molar-refractivity contribution in [3.05, 3.63) is 69.1 Å². The molecule has 1 aliphatic rings. The van der Waals surface area contributed by atoms with Crippen molar-refractivity contribution in [2.75, 3.05) is 0 Å². The van der Waals surface area contributed by atoms with Crippen LogP contribution in [0.4, 0.5) is 0 Å². The highest BCUT2D eigenvalue weighted by molar-refractivity contribution is 5.78. The van der Waals surface area contributed by atoms with Gasteiger partial charge in [-0.05, 0) is 31.2 Å². The summed E-state index contributed by atoms with van der Waals surface area (Å²) in [4.78, 5) is 27.7. The zero-order chi connectivity index (χ0) is 15.4. The first-order valence-electron chi connectivity index (χ1n) is 7.77. The number of fused-ring (bicyclic) bond motifs is 1. The summed E-state index contributed by atoms with van der Waals surface area (Å²) < 4.78 is 0. The lowest BCUT2D eigenvalue weighted by atomic mass is 9.94. The second kappa shape index (κ2) is 6.60. The number of hydrogen-bond donors (Lipinski definition) is 2. The molecule has 1 aromatic heterocycles. The molecular formula is C18H20N2O2. The summed E-state index contributed by atoms with van der Waals surface area (Å²) in [6.07, 6.45) is 5.78. The lowest BCUT2D eigenvalue weighted by Crippen LogP contribution is -2.29. The fourth-order valence-electron chi connectivity index (χ4n) is 2.91. The van der Waals surface area contributed by atoms with E-state index < -0.39 is 0 Å². The highest BCUT2D eigenvalue weighted by Crippen LogP contribution is 2.16. The minimum absolute atomic E-state index is 0.0447. The van der Waals surface area contributed by atoms with E-state index in [2.05, 4.69) is 10.3 Å². The number of rotatable bonds is 4. The number of aryl methyl sites for hydroxylation is 1. The second-order valence-corrected chi connectivity index (χ2v) is 5.75. The molecule has 1 amide bonds. The van der Waals surface area contributed by atoms with Gasteiger partial charge in [-0.15, -0.1) is 0 Å². The summed E-state index contributed by atoms with van der Waals surface area (Å²) in [6, 6.07) is 9.75. The van der Waals surface area contributed by atoms with Crippen LogP contribution in [0.2, 0.25) is 0 Å². The quantitative estimate of drug-likeness (QED) is 0.907. The SMILES string of the molecule is O=C(Cc1c[nH]c2c(c1=O)CCCC2)NCc1ccccc1. The maximum atomic E-state index is 12.4. The average Bonchev–Trinajstić information content (AvgIpc) is 2.57. The first-order chi connectivity index (χ1) is 10.7. The molecule has 1 heterocycles. The Morgan fingerprint density at radius 3 is 2.73 bits per heavy atom. The molecule has 0 fully saturated rings. The topological polar surface area (TPSA) is 62.0 Å². The van der Waals surface area contributed by atoms with E-state index in [4.69, 9.17) is 0 Å². The van der Waals surface area contributed by atoms with Gasteiger partial charge in [0.2, 0.25) is 5.91 Å². The zero-order valence-electron chi connectivity index (χ0n) is 12.5. The molecule has 1 aromatic carbocycles. The standard InChI is InChI=1S/C18H20N2O2/c21-17(20-11-13-6-2-1-3-7-13)10-14-12-19-16-9-5-4-8-15(16)18(14)22/h1-3,6-7,12H,4-5,8-11H2,(H,19,22)(H,20,21). The molecule has 0 unspecified atom stereocenters. The Balaban J connectivity index is 1.65. The van der Waals surface area contributed by atoms with Crippen LogP contribution in [0.1, 0.15) is 35.2 Å². The number of nitrogens with one attached hydrogen (secondary N) is 2. The summed E-state index contributed by atoms with van der Waals surface area (Å²) in [7, 11) is 0. The number of H-pyrrole nitrogens is 1. The van der Waals surface area contributed by atoms with Gasteiger partial charge < -0.3 is 10.3 Å². The van der Waals surface area contributed by atoms with Crippen molar-refractivity contribution < 1.29 is 4.79 Å². The third kappa shape index (κ3) is 3.27. The van der Waals surface area contributed by atoms with E-state index in [-0.39, 0.29) is 17.8 Å². The van der Waals surface area contributed by atoms with Gasteiger partial charge in [-0.25, -0.2) is 0 Å². The summed E-state index contributed by atoms with van der Waals surface area (Å²) in [5, 5.41) is 2.86. The van der Waals surface area contributed by atoms with Gasteiger partial charge in [0.05, 0.1) is 6.42 Å². The molecule has 4 nitrogen and oxygen atoms in total. The van der Waals surface area contributed by atoms with Crippen molar-refractivity contribution in [1.29, 1.82) is 0 Å². The van der Waals surface area contributed by atoms with E-state index in [0.717, 1.165) is 42.5 Å². The number of aromatic nitrogens is 1. The highest BCUT2D eigenvalue weighted by atomic mass is 16.1. The van der Waals surface area contributed by atoms with Crippen LogP contribution in [0.5, 0.6) is 0 Å². The number of amides is 1. The van der Waals surface area contributed by atoms with Gasteiger partial charge in [-0.1, -0.05) is 30.3 Å². The van der Waals surface area contributed by atoms with E-state index in [1.807, 2.05) is 30.3 Å². The lowest BCUT2D eigenvalue weighted by molar-refractivity contribution is -0.120. The fraction of sp³-hybridized carbons (Fsp3) is 0.333. The molecule has 0 saturated heterocycles. The predicted molar refractivity (Wildman–Crippen MR) is 85.7 cm³/mol. The van der Waals surface area contributed by atoms with Gasteiger partial charge in [0.1, 0.15) is 0 Å². The van der Waals surface area contributed by atoms with E-state index in [1.165, 1.54) is 0 Å². The Morgan fingerprint density at radius 1 is 1.14 bits per heavy atom. The average molecular weight is 296 g/mol. The molecule has 0 bridgehead atoms. The molecule has 2 aromatic rings. The van der Waals surface area contributed by atoms with Crippen molar-refractivity contribution >= 4 is 5.91 Å². The highest BCUT2D eigenvalue weighted by Gasteiger charge is 2.16. The number of benzene rings is 1. The number of pyridine rings is 1. The molecule has 1 aliphatic carbocycles. The second-order valence-electron chi connectivity index (χ2n) is 5.75. The Labute approximate surface area is 129 Å². The Bertz CT molecular complexity index is 720. The van der Waals surface area contributed by atoms with Crippen LogP contribution in [0.25, 0.3) is 0 Å². The first-order valence-corrected chi connectivity index (χ1v) is 7.77. The number of carbonyl (C=O) groups excluding carboxylic acids is 1. The number of carbonyl (C=O) groups is 1. The first kappa shape index (κ1) is 14.6. The normalized spacial score (nSPS) is 13.5. The predicted octanol–water partition coefficient (Wildman–Crippen LogP) is 2.11. The maximum Gasteiger partial charge on any atom is 0.224 e. The van der Waals surface area contributed by atoms with E-state index >= 15 is 0 Å². The molecule has 114 valence electrons. The molecule has 0 aliphatic heterocycles. The fourth-order valence-corrected chi connectivity index (χ4v) is 2.91. The smallest absolute Gasteiger partial charge is 0.224 e. The molecular weight excluding hydrogens is 276 g/mol. The van der Waals surface area contributed by atoms with Crippen LogP contribution < -0.4 is 10.7 Å². The summed E-state index contributed by atoms with van der Waals surface area (Å²) in [5.41, 5.74) is 3.58. The van der Waals surface area contributed by atoms with Crippen LogP contribution in [0.15, 0.2) is 41.3 Å². The van der Waals surface area contributed by atoms with Crippen molar-refractivity contribution in [2.45, 2.75) is 38.6 Å². The summed E-state index contributed by atoms with van der Waals surface area (Å²) in [5.74, 6) is -0.120. The van der Waals surface area contributed by atoms with Gasteiger partial charge >= 0.3 is 0 Å². The zero-order valence-corrected chi connectivity index (χ0v) is 12.5. The molecule has 0 saturated carbocycles. The van der Waals surface area contributed by atoms with Crippen LogP contribution in [0, 0.1) is 0 Å². The van der Waals surface area contributed by atoms with Crippen LogP contribution in [0.3, 0.4) is 0 Å². The van der Waals surface area contributed by atoms with Gasteiger partial charge in [0.15, 0.2) is 5.43 Å². The molecule has 4 heteroatoms. The Kier molecular flexibility index (Phi) is 4.37. The van der Waals surface area contributed by atoms with E-state index in [1.54, 1.807) is 6.20 Å². The maximum absolute atomic E-state index is 12.4. The minimum atomic E-state index is -0.120. The molecule has 0 spiro atoms. The number of hydrogen-bond acceptors (Lipinski definition) is 2. The van der Waals surface area contributed by atoms with Crippen molar-refractivity contribution in [2.24, 2.45) is 0 Å². The van der Waals surface area contributed by atoms with Crippen LogP contribution in [-0.2, 0) is 30.6 Å². The molecule has 3 rings (SSSR count). The van der Waals surface area contributed by atoms with Crippen LogP contribution in [-0.4, -0.2) is 10.9 Å². The van der Waals surface area contributed by atoms with Crippen molar-refractivity contribution in [1.82, 2.24) is 10.3 Å². The van der Waals surface area contributed by atoms with Gasteiger partial charge in [0.25, 0.3) is 0 Å². The van der Waals surface area contributed by atoms with Crippen molar-refractivity contribution in [3.8, 4) is 0 Å². The lowest BCUT2D eigenvalue weighted by Gasteiger charge is -2.15. The van der Waals surface area contributed by atoms with Crippen LogP contribution >= 0.6 is 0 Å². The third-order valence-corrected chi connectivity index (χ3v) is 4.14. The van der Waals surface area contributed by atoms with Gasteiger partial charge in [-0.3, -0.25) is 9.59 Å². The molecule has 2 N–H and O–H groups in total. The third-order valence-electron chi connectivity index (χ3n) is 4.14. The molecule has 22 heavy (non-hydrogen) atoms. The minimum Gasteiger partial charge on any atom is -0.364 e. The largest absolute Gasteiger partial charge is 0.364 e. The van der Waals surface area contributed by atoms with Gasteiger partial charge in [0, 0.05) is 29.6 Å². The van der Waals surface area contributed by atoms with Gasteiger partial charge in [-0.2, -0.15) is 0 Å².